The molecule has 8 heteroatoms. The molecule has 23 heavy (non-hydrogen) atoms. The van der Waals surface area contributed by atoms with E-state index in [0.717, 1.165) is 0 Å². The first-order chi connectivity index (χ1) is 11.0. The van der Waals surface area contributed by atoms with Crippen LogP contribution < -0.4 is 5.32 Å². The first kappa shape index (κ1) is 16.9. The van der Waals surface area contributed by atoms with E-state index in [4.69, 9.17) is 9.15 Å². The molecule has 1 aromatic rings. The van der Waals surface area contributed by atoms with E-state index in [9.17, 15) is 14.4 Å². The van der Waals surface area contributed by atoms with Gasteiger partial charge in [0.1, 0.15) is 6.04 Å². The van der Waals surface area contributed by atoms with Crippen molar-refractivity contribution in [1.82, 2.24) is 15.1 Å². The summed E-state index contributed by atoms with van der Waals surface area (Å²) in [5, 5.41) is 2.60. The van der Waals surface area contributed by atoms with Gasteiger partial charge in [0.05, 0.1) is 12.9 Å². The van der Waals surface area contributed by atoms with E-state index in [1.807, 2.05) is 0 Å². The van der Waals surface area contributed by atoms with Crippen LogP contribution in [0.1, 0.15) is 24.4 Å². The SMILES string of the molecule is CCOC(=O)N1CCN(C(=O)[C@@H](C)NC(=O)c2ccco2)CC1. The van der Waals surface area contributed by atoms with Crippen molar-refractivity contribution in [2.75, 3.05) is 32.8 Å². The molecule has 0 spiro atoms. The minimum Gasteiger partial charge on any atom is -0.459 e. The number of rotatable bonds is 4. The normalized spacial score (nSPS) is 15.9. The van der Waals surface area contributed by atoms with Crippen LogP contribution in [0.5, 0.6) is 0 Å². The van der Waals surface area contributed by atoms with Crippen molar-refractivity contribution in [3.8, 4) is 0 Å². The fraction of sp³-hybridized carbons (Fsp3) is 0.533. The molecular weight excluding hydrogens is 302 g/mol. The minimum atomic E-state index is -0.665. The molecule has 2 rings (SSSR count). The number of hydrogen-bond donors (Lipinski definition) is 1. The summed E-state index contributed by atoms with van der Waals surface area (Å²) in [6.45, 7) is 5.37. The summed E-state index contributed by atoms with van der Waals surface area (Å²) >= 11 is 0. The van der Waals surface area contributed by atoms with Gasteiger partial charge in [-0.3, -0.25) is 9.59 Å². The number of hydrogen-bond acceptors (Lipinski definition) is 5. The van der Waals surface area contributed by atoms with Crippen LogP contribution in [-0.4, -0.2) is 66.5 Å². The van der Waals surface area contributed by atoms with Crippen LogP contribution in [-0.2, 0) is 9.53 Å². The highest BCUT2D eigenvalue weighted by Crippen LogP contribution is 2.07. The second-order valence-corrected chi connectivity index (χ2v) is 5.18. The molecule has 1 aliphatic heterocycles. The number of piperazine rings is 1. The van der Waals surface area contributed by atoms with Gasteiger partial charge in [0.25, 0.3) is 5.91 Å². The van der Waals surface area contributed by atoms with Crippen molar-refractivity contribution in [3.63, 3.8) is 0 Å². The molecule has 0 aromatic carbocycles. The predicted octanol–water partition coefficient (Wildman–Crippen LogP) is 0.699. The molecule has 8 nitrogen and oxygen atoms in total. The van der Waals surface area contributed by atoms with Crippen molar-refractivity contribution in [1.29, 1.82) is 0 Å². The standard InChI is InChI=1S/C15H21N3O5/c1-3-22-15(21)18-8-6-17(7-9-18)14(20)11(2)16-13(19)12-5-4-10-23-12/h4-5,10-11H,3,6-9H2,1-2H3,(H,16,19)/t11-/m1/s1. The smallest absolute Gasteiger partial charge is 0.409 e. The van der Waals surface area contributed by atoms with Gasteiger partial charge < -0.3 is 24.3 Å². The molecule has 0 bridgehead atoms. The first-order valence-electron chi connectivity index (χ1n) is 7.57. The Labute approximate surface area is 134 Å². The summed E-state index contributed by atoms with van der Waals surface area (Å²) in [5.74, 6) is -0.453. The first-order valence-corrected chi connectivity index (χ1v) is 7.57. The number of ether oxygens (including phenoxy) is 1. The van der Waals surface area contributed by atoms with Gasteiger partial charge >= 0.3 is 6.09 Å². The minimum absolute atomic E-state index is 0.164. The van der Waals surface area contributed by atoms with Gasteiger partial charge in [-0.2, -0.15) is 0 Å². The van der Waals surface area contributed by atoms with E-state index < -0.39 is 11.9 Å². The highest BCUT2D eigenvalue weighted by atomic mass is 16.6. The van der Waals surface area contributed by atoms with Crippen molar-refractivity contribution in [2.45, 2.75) is 19.9 Å². The number of carbonyl (C=O) groups excluding carboxylic acids is 3. The largest absolute Gasteiger partial charge is 0.459 e. The lowest BCUT2D eigenvalue weighted by Crippen LogP contribution is -2.55. The van der Waals surface area contributed by atoms with Gasteiger partial charge in [-0.15, -0.1) is 0 Å². The molecule has 2 heterocycles. The molecule has 3 amide bonds. The summed E-state index contributed by atoms with van der Waals surface area (Å²) in [6, 6.07) is 2.47. The zero-order valence-corrected chi connectivity index (χ0v) is 13.3. The monoisotopic (exact) mass is 323 g/mol. The summed E-state index contributed by atoms with van der Waals surface area (Å²) in [7, 11) is 0. The van der Waals surface area contributed by atoms with Crippen molar-refractivity contribution < 1.29 is 23.5 Å². The van der Waals surface area contributed by atoms with E-state index in [-0.39, 0.29) is 17.8 Å². The van der Waals surface area contributed by atoms with Crippen LogP contribution in [0.25, 0.3) is 0 Å². The number of nitrogens with zero attached hydrogens (tertiary/aromatic N) is 2. The molecule has 0 saturated carbocycles. The van der Waals surface area contributed by atoms with Crippen LogP contribution in [0.2, 0.25) is 0 Å². The highest BCUT2D eigenvalue weighted by molar-refractivity contribution is 5.95. The lowest BCUT2D eigenvalue weighted by molar-refractivity contribution is -0.134. The lowest BCUT2D eigenvalue weighted by atomic mass is 10.2. The predicted molar refractivity (Wildman–Crippen MR) is 80.8 cm³/mol. The van der Waals surface area contributed by atoms with Crippen LogP contribution in [0.3, 0.4) is 0 Å². The quantitative estimate of drug-likeness (QED) is 0.880. The molecule has 0 unspecified atom stereocenters. The van der Waals surface area contributed by atoms with Crippen molar-refractivity contribution in [3.05, 3.63) is 24.2 Å². The Morgan fingerprint density at radius 2 is 1.91 bits per heavy atom. The summed E-state index contributed by atoms with van der Waals surface area (Å²) in [4.78, 5) is 39.0. The maximum absolute atomic E-state index is 12.4. The molecule has 1 saturated heterocycles. The maximum Gasteiger partial charge on any atom is 0.409 e. The molecule has 0 aliphatic carbocycles. The number of nitrogens with one attached hydrogen (secondary N) is 1. The number of carbonyl (C=O) groups is 3. The van der Waals surface area contributed by atoms with Crippen LogP contribution in [0.15, 0.2) is 22.8 Å². The van der Waals surface area contributed by atoms with E-state index in [2.05, 4.69) is 5.32 Å². The molecule has 1 N–H and O–H groups in total. The fourth-order valence-corrected chi connectivity index (χ4v) is 2.34. The summed E-state index contributed by atoms with van der Waals surface area (Å²) < 4.78 is 9.92. The third kappa shape index (κ3) is 4.24. The second kappa shape index (κ2) is 7.66. The second-order valence-electron chi connectivity index (χ2n) is 5.18. The average molecular weight is 323 g/mol. The Kier molecular flexibility index (Phi) is 5.61. The van der Waals surface area contributed by atoms with E-state index in [1.54, 1.807) is 29.7 Å². The molecular formula is C15H21N3O5. The Hall–Kier alpha value is -2.51. The topological polar surface area (TPSA) is 92.1 Å². The highest BCUT2D eigenvalue weighted by Gasteiger charge is 2.28. The van der Waals surface area contributed by atoms with Crippen LogP contribution in [0.4, 0.5) is 4.79 Å². The Bertz CT molecular complexity index is 549. The number of furan rings is 1. The summed E-state index contributed by atoms with van der Waals surface area (Å²) in [5.41, 5.74) is 0. The van der Waals surface area contributed by atoms with Crippen LogP contribution in [0, 0.1) is 0 Å². The zero-order valence-electron chi connectivity index (χ0n) is 13.3. The van der Waals surface area contributed by atoms with E-state index in [0.29, 0.717) is 32.8 Å². The molecule has 1 aromatic heterocycles. The third-order valence-corrected chi connectivity index (χ3v) is 3.58. The Balaban J connectivity index is 1.82. The third-order valence-electron chi connectivity index (χ3n) is 3.58. The van der Waals surface area contributed by atoms with Crippen molar-refractivity contribution >= 4 is 17.9 Å². The zero-order chi connectivity index (χ0) is 16.8. The Morgan fingerprint density at radius 1 is 1.26 bits per heavy atom. The van der Waals surface area contributed by atoms with Gasteiger partial charge in [-0.1, -0.05) is 0 Å². The Morgan fingerprint density at radius 3 is 2.48 bits per heavy atom. The van der Waals surface area contributed by atoms with Gasteiger partial charge in [0.15, 0.2) is 5.76 Å². The molecule has 0 radical (unpaired) electrons. The molecule has 1 aliphatic rings. The maximum atomic E-state index is 12.4. The van der Waals surface area contributed by atoms with Gasteiger partial charge in [0, 0.05) is 26.2 Å². The van der Waals surface area contributed by atoms with E-state index >= 15 is 0 Å². The molecule has 126 valence electrons. The van der Waals surface area contributed by atoms with Gasteiger partial charge in [-0.05, 0) is 26.0 Å². The van der Waals surface area contributed by atoms with Crippen LogP contribution >= 0.6 is 0 Å². The lowest BCUT2D eigenvalue weighted by Gasteiger charge is -2.35. The average Bonchev–Trinajstić information content (AvgIpc) is 3.09. The summed E-state index contributed by atoms with van der Waals surface area (Å²) in [6.07, 6.45) is 1.04. The van der Waals surface area contributed by atoms with Crippen molar-refractivity contribution in [2.24, 2.45) is 0 Å². The number of amides is 3. The molecule has 1 fully saturated rings. The van der Waals surface area contributed by atoms with Gasteiger partial charge in [-0.25, -0.2) is 4.79 Å². The van der Waals surface area contributed by atoms with Gasteiger partial charge in [0.2, 0.25) is 5.91 Å². The molecule has 1 atom stereocenters. The van der Waals surface area contributed by atoms with E-state index in [1.165, 1.54) is 12.3 Å². The fourth-order valence-electron chi connectivity index (χ4n) is 2.34.